The second-order valence-electron chi connectivity index (χ2n) is 7.50. The summed E-state index contributed by atoms with van der Waals surface area (Å²) >= 11 is 0. The van der Waals surface area contributed by atoms with Gasteiger partial charge in [0.1, 0.15) is 0 Å². The van der Waals surface area contributed by atoms with E-state index < -0.39 is 11.6 Å². The van der Waals surface area contributed by atoms with Crippen LogP contribution in [0.15, 0.2) is 48.5 Å². The molecule has 2 aliphatic heterocycles. The van der Waals surface area contributed by atoms with E-state index in [0.717, 1.165) is 17.8 Å². The monoisotopic (exact) mass is 385 g/mol. The molecule has 5 nitrogen and oxygen atoms in total. The minimum Gasteiger partial charge on any atom is -0.337 e. The average molecular weight is 385 g/mol. The Balaban J connectivity index is 1.56. The van der Waals surface area contributed by atoms with E-state index >= 15 is 0 Å². The van der Waals surface area contributed by atoms with Crippen LogP contribution in [-0.4, -0.2) is 60.4 Å². The molecule has 1 atom stereocenters. The molecule has 7 heteroatoms. The lowest BCUT2D eigenvalue weighted by Gasteiger charge is -2.46. The molecular weight excluding hydrogens is 364 g/mol. The predicted octanol–water partition coefficient (Wildman–Crippen LogP) is 2.53. The van der Waals surface area contributed by atoms with Crippen LogP contribution in [0, 0.1) is 11.6 Å². The van der Waals surface area contributed by atoms with Gasteiger partial charge in [0.05, 0.1) is 12.1 Å². The summed E-state index contributed by atoms with van der Waals surface area (Å²) in [4.78, 5) is 30.8. The van der Waals surface area contributed by atoms with Gasteiger partial charge in [-0.05, 0) is 43.8 Å². The molecule has 0 radical (unpaired) electrons. The van der Waals surface area contributed by atoms with E-state index in [2.05, 4.69) is 0 Å². The number of para-hydroxylation sites is 1. The van der Waals surface area contributed by atoms with Crippen molar-refractivity contribution in [1.82, 2.24) is 9.80 Å². The van der Waals surface area contributed by atoms with Crippen molar-refractivity contribution < 1.29 is 18.4 Å². The smallest absolute Gasteiger partial charge is 0.254 e. The first-order chi connectivity index (χ1) is 13.4. The van der Waals surface area contributed by atoms with Crippen LogP contribution in [0.1, 0.15) is 16.8 Å². The van der Waals surface area contributed by atoms with Crippen LogP contribution in [-0.2, 0) is 4.79 Å². The SMILES string of the molecule is CN1CC(=O)N(c2ccccc2)C[C@]12CCN(C(=O)c1ccc(F)c(F)c1)C2. The molecule has 2 aromatic rings. The Morgan fingerprint density at radius 3 is 2.50 bits per heavy atom. The maximum absolute atomic E-state index is 13.5. The first kappa shape index (κ1) is 18.6. The van der Waals surface area contributed by atoms with E-state index in [-0.39, 0.29) is 29.5 Å². The second-order valence-corrected chi connectivity index (χ2v) is 7.50. The molecule has 146 valence electrons. The molecule has 2 heterocycles. The molecular formula is C21H21F2N3O2. The van der Waals surface area contributed by atoms with E-state index in [1.165, 1.54) is 6.07 Å². The third-order valence-electron chi connectivity index (χ3n) is 5.79. The van der Waals surface area contributed by atoms with Gasteiger partial charge in [0.15, 0.2) is 11.6 Å². The number of hydrogen-bond donors (Lipinski definition) is 0. The molecule has 0 saturated carbocycles. The number of piperazine rings is 1. The fourth-order valence-electron chi connectivity index (χ4n) is 4.08. The van der Waals surface area contributed by atoms with Gasteiger partial charge in [0.2, 0.25) is 5.91 Å². The number of rotatable bonds is 2. The van der Waals surface area contributed by atoms with Gasteiger partial charge in [-0.2, -0.15) is 0 Å². The van der Waals surface area contributed by atoms with Gasteiger partial charge in [0.25, 0.3) is 5.91 Å². The van der Waals surface area contributed by atoms with Gasteiger partial charge in [-0.15, -0.1) is 0 Å². The number of anilines is 1. The molecule has 0 N–H and O–H groups in total. The highest BCUT2D eigenvalue weighted by Crippen LogP contribution is 2.34. The summed E-state index contributed by atoms with van der Waals surface area (Å²) < 4.78 is 26.7. The van der Waals surface area contributed by atoms with Crippen molar-refractivity contribution in [3.63, 3.8) is 0 Å². The summed E-state index contributed by atoms with van der Waals surface area (Å²) in [5, 5.41) is 0. The quantitative estimate of drug-likeness (QED) is 0.798. The fourth-order valence-corrected chi connectivity index (χ4v) is 4.08. The third kappa shape index (κ3) is 3.16. The number of hydrogen-bond acceptors (Lipinski definition) is 3. The number of likely N-dealkylation sites (N-methyl/N-ethyl adjacent to an activating group) is 1. The molecule has 0 aliphatic carbocycles. The van der Waals surface area contributed by atoms with Crippen LogP contribution in [0.5, 0.6) is 0 Å². The van der Waals surface area contributed by atoms with Crippen LogP contribution < -0.4 is 4.90 Å². The molecule has 0 unspecified atom stereocenters. The molecule has 4 rings (SSSR count). The van der Waals surface area contributed by atoms with Gasteiger partial charge >= 0.3 is 0 Å². The number of likely N-dealkylation sites (tertiary alicyclic amines) is 1. The number of halogens is 2. The van der Waals surface area contributed by atoms with E-state index in [1.54, 1.807) is 9.80 Å². The van der Waals surface area contributed by atoms with Crippen molar-refractivity contribution in [1.29, 1.82) is 0 Å². The summed E-state index contributed by atoms with van der Waals surface area (Å²) in [6.45, 7) is 1.67. The molecule has 28 heavy (non-hydrogen) atoms. The first-order valence-corrected chi connectivity index (χ1v) is 9.21. The normalized spacial score (nSPS) is 22.9. The van der Waals surface area contributed by atoms with E-state index in [4.69, 9.17) is 0 Å². The van der Waals surface area contributed by atoms with Gasteiger partial charge in [-0.1, -0.05) is 18.2 Å². The molecule has 2 aromatic carbocycles. The van der Waals surface area contributed by atoms with Crippen molar-refractivity contribution in [2.75, 3.05) is 38.1 Å². The summed E-state index contributed by atoms with van der Waals surface area (Å²) in [5.41, 5.74) is 0.605. The van der Waals surface area contributed by atoms with E-state index in [9.17, 15) is 18.4 Å². The first-order valence-electron chi connectivity index (χ1n) is 9.21. The van der Waals surface area contributed by atoms with E-state index in [0.29, 0.717) is 26.1 Å². The van der Waals surface area contributed by atoms with Crippen LogP contribution >= 0.6 is 0 Å². The van der Waals surface area contributed by atoms with Crippen molar-refractivity contribution in [2.45, 2.75) is 12.0 Å². The Morgan fingerprint density at radius 2 is 1.79 bits per heavy atom. The maximum Gasteiger partial charge on any atom is 0.254 e. The van der Waals surface area contributed by atoms with Crippen LogP contribution in [0.4, 0.5) is 14.5 Å². The molecule has 2 amide bonds. The molecule has 2 fully saturated rings. The topological polar surface area (TPSA) is 43.9 Å². The zero-order chi connectivity index (χ0) is 19.9. The molecule has 1 spiro atoms. The predicted molar refractivity (Wildman–Crippen MR) is 101 cm³/mol. The van der Waals surface area contributed by atoms with Crippen molar-refractivity contribution in [2.24, 2.45) is 0 Å². The Hall–Kier alpha value is -2.80. The molecule has 0 bridgehead atoms. The number of carbonyl (C=O) groups excluding carboxylic acids is 2. The average Bonchev–Trinajstić information content (AvgIpc) is 3.12. The Bertz CT molecular complexity index is 921. The molecule has 2 saturated heterocycles. The van der Waals surface area contributed by atoms with Gasteiger partial charge in [0, 0.05) is 30.9 Å². The minimum atomic E-state index is -1.03. The van der Waals surface area contributed by atoms with Gasteiger partial charge in [-0.3, -0.25) is 14.5 Å². The van der Waals surface area contributed by atoms with Crippen LogP contribution in [0.3, 0.4) is 0 Å². The molecule has 2 aliphatic rings. The maximum atomic E-state index is 13.5. The van der Waals surface area contributed by atoms with Crippen LogP contribution in [0.2, 0.25) is 0 Å². The van der Waals surface area contributed by atoms with Gasteiger partial charge in [-0.25, -0.2) is 8.78 Å². The minimum absolute atomic E-state index is 0.0182. The zero-order valence-corrected chi connectivity index (χ0v) is 15.6. The fraction of sp³-hybridized carbons (Fsp3) is 0.333. The lowest BCUT2D eigenvalue weighted by molar-refractivity contribution is -0.123. The summed E-state index contributed by atoms with van der Waals surface area (Å²) in [6.07, 6.45) is 0.704. The third-order valence-corrected chi connectivity index (χ3v) is 5.79. The highest BCUT2D eigenvalue weighted by Gasteiger charge is 2.48. The molecule has 0 aromatic heterocycles. The van der Waals surface area contributed by atoms with Crippen molar-refractivity contribution in [3.05, 3.63) is 65.7 Å². The number of benzene rings is 2. The highest BCUT2D eigenvalue weighted by atomic mass is 19.2. The largest absolute Gasteiger partial charge is 0.337 e. The number of amides is 2. The summed E-state index contributed by atoms with van der Waals surface area (Å²) in [6, 6.07) is 12.7. The van der Waals surface area contributed by atoms with Crippen molar-refractivity contribution >= 4 is 17.5 Å². The standard InChI is InChI=1S/C21H21F2N3O2/c1-24-12-19(27)26(16-5-3-2-4-6-16)14-21(24)9-10-25(13-21)20(28)15-7-8-17(22)18(23)11-15/h2-8,11H,9-10,12-14H2,1H3/t21-/m1/s1. The lowest BCUT2D eigenvalue weighted by Crippen LogP contribution is -2.64. The second kappa shape index (κ2) is 6.98. The van der Waals surface area contributed by atoms with Crippen molar-refractivity contribution in [3.8, 4) is 0 Å². The van der Waals surface area contributed by atoms with E-state index in [1.807, 2.05) is 42.3 Å². The Labute approximate surface area is 162 Å². The van der Waals surface area contributed by atoms with Crippen LogP contribution in [0.25, 0.3) is 0 Å². The highest BCUT2D eigenvalue weighted by molar-refractivity contribution is 5.96. The summed E-state index contributed by atoms with van der Waals surface area (Å²) in [7, 11) is 1.89. The number of carbonyl (C=O) groups is 2. The number of nitrogens with zero attached hydrogens (tertiary/aromatic N) is 3. The summed E-state index contributed by atoms with van der Waals surface area (Å²) in [5.74, 6) is -2.31. The Kier molecular flexibility index (Phi) is 4.63. The lowest BCUT2D eigenvalue weighted by atomic mass is 9.92. The van der Waals surface area contributed by atoms with Gasteiger partial charge < -0.3 is 9.80 Å². The zero-order valence-electron chi connectivity index (χ0n) is 15.6. The Morgan fingerprint density at radius 1 is 1.04 bits per heavy atom.